The maximum Gasteiger partial charge on any atom is 0.0468 e. The average Bonchev–Trinajstić information content (AvgIpc) is 3.61. The second-order valence-electron chi connectivity index (χ2n) is 13.8. The van der Waals surface area contributed by atoms with Crippen LogP contribution in [-0.2, 0) is 5.41 Å². The van der Waals surface area contributed by atoms with Gasteiger partial charge in [-0.05, 0) is 134 Å². The van der Waals surface area contributed by atoms with E-state index < -0.39 is 0 Å². The van der Waals surface area contributed by atoms with E-state index in [1.807, 2.05) is 11.3 Å². The fraction of sp³-hybridized carbons (Fsp3) is 0.385. The first-order chi connectivity index (χ1) is 20.2. The summed E-state index contributed by atoms with van der Waals surface area (Å²) in [4.78, 5) is 2.50. The molecule has 1 nitrogen and oxygen atoms in total. The molecule has 0 radical (unpaired) electrons. The van der Waals surface area contributed by atoms with E-state index in [-0.39, 0.29) is 0 Å². The van der Waals surface area contributed by atoms with Crippen LogP contribution in [0.4, 0.5) is 17.1 Å². The first-order valence-electron chi connectivity index (χ1n) is 16.2. The molecule has 0 N–H and O–H groups in total. The molecule has 4 bridgehead atoms. The van der Waals surface area contributed by atoms with Gasteiger partial charge in [0.15, 0.2) is 0 Å². The summed E-state index contributed by atoms with van der Waals surface area (Å²) in [7, 11) is 0. The van der Waals surface area contributed by atoms with Crippen molar-refractivity contribution in [1.82, 2.24) is 0 Å². The van der Waals surface area contributed by atoms with Crippen molar-refractivity contribution in [2.24, 2.45) is 17.8 Å². The third kappa shape index (κ3) is 3.93. The van der Waals surface area contributed by atoms with E-state index in [9.17, 15) is 0 Å². The zero-order valence-electron chi connectivity index (χ0n) is 23.9. The molecule has 2 atom stereocenters. The first kappa shape index (κ1) is 24.5. The number of fused-ring (bicyclic) bond motifs is 3. The van der Waals surface area contributed by atoms with Crippen molar-refractivity contribution in [2.75, 3.05) is 4.90 Å². The molecule has 41 heavy (non-hydrogen) atoms. The van der Waals surface area contributed by atoms with Crippen LogP contribution in [0.15, 0.2) is 91.0 Å². The van der Waals surface area contributed by atoms with Gasteiger partial charge in [-0.2, -0.15) is 0 Å². The van der Waals surface area contributed by atoms with Crippen molar-refractivity contribution < 1.29 is 0 Å². The van der Waals surface area contributed by atoms with Crippen molar-refractivity contribution in [1.29, 1.82) is 0 Å². The molecule has 1 heterocycles. The molecule has 5 saturated carbocycles. The van der Waals surface area contributed by atoms with Gasteiger partial charge in [-0.3, -0.25) is 0 Å². The number of benzene rings is 4. The molecule has 5 fully saturated rings. The van der Waals surface area contributed by atoms with Gasteiger partial charge in [-0.15, -0.1) is 11.3 Å². The Balaban J connectivity index is 1.13. The standard InChI is InChI=1S/C39H39NS/c1-2-6-28(7-3-1)29-10-14-32(15-11-29)40(34-18-19-38-36(23-34)35-8-4-5-9-37(35)41-38)33-16-12-30(13-17-33)39-24-26-20-27(25-39)22-31(39)21-26/h4-5,8-19,23,26-28,31H,1-3,6-7,20-22,24-25H2. The maximum absolute atomic E-state index is 2.50. The van der Waals surface area contributed by atoms with Gasteiger partial charge >= 0.3 is 0 Å². The Morgan fingerprint density at radius 3 is 2.02 bits per heavy atom. The third-order valence-corrected chi connectivity index (χ3v) is 12.7. The summed E-state index contributed by atoms with van der Waals surface area (Å²) < 4.78 is 2.73. The molecule has 4 aromatic carbocycles. The molecular formula is C39H39NS. The van der Waals surface area contributed by atoms with E-state index in [4.69, 9.17) is 0 Å². The van der Waals surface area contributed by atoms with Crippen LogP contribution in [0.3, 0.4) is 0 Å². The summed E-state index contributed by atoms with van der Waals surface area (Å²) in [5.41, 5.74) is 7.38. The van der Waals surface area contributed by atoms with Crippen LogP contribution in [-0.4, -0.2) is 0 Å². The normalized spacial score (nSPS) is 27.3. The lowest BCUT2D eigenvalue weighted by Crippen LogP contribution is -2.27. The number of hydrogen-bond acceptors (Lipinski definition) is 2. The van der Waals surface area contributed by atoms with E-state index in [1.54, 1.807) is 5.56 Å². The van der Waals surface area contributed by atoms with E-state index in [1.165, 1.54) is 107 Å². The van der Waals surface area contributed by atoms with Gasteiger partial charge in [0.1, 0.15) is 0 Å². The minimum Gasteiger partial charge on any atom is -0.310 e. The van der Waals surface area contributed by atoms with Gasteiger partial charge < -0.3 is 4.90 Å². The Hall–Kier alpha value is -3.10. The Kier molecular flexibility index (Phi) is 5.65. The summed E-state index contributed by atoms with van der Waals surface area (Å²) in [6, 6.07) is 35.4. The molecule has 0 aliphatic heterocycles. The highest BCUT2D eigenvalue weighted by atomic mass is 32.1. The molecule has 0 amide bonds. The number of nitrogens with zero attached hydrogens (tertiary/aromatic N) is 1. The second-order valence-corrected chi connectivity index (χ2v) is 14.9. The summed E-state index contributed by atoms with van der Waals surface area (Å²) in [5.74, 6) is 3.63. The minimum atomic E-state index is 0.465. The van der Waals surface area contributed by atoms with E-state index in [0.717, 1.165) is 23.7 Å². The molecule has 5 aliphatic rings. The molecule has 0 saturated heterocycles. The molecule has 206 valence electrons. The zero-order chi connectivity index (χ0) is 27.0. The summed E-state index contributed by atoms with van der Waals surface area (Å²) in [6.45, 7) is 0. The first-order valence-corrected chi connectivity index (χ1v) is 17.0. The monoisotopic (exact) mass is 553 g/mol. The van der Waals surface area contributed by atoms with Crippen LogP contribution in [0.25, 0.3) is 20.2 Å². The van der Waals surface area contributed by atoms with Crippen LogP contribution >= 0.6 is 11.3 Å². The highest BCUT2D eigenvalue weighted by Gasteiger charge is 2.58. The second kappa shape index (κ2) is 9.46. The van der Waals surface area contributed by atoms with Gasteiger partial charge in [0.25, 0.3) is 0 Å². The lowest BCUT2D eigenvalue weighted by Gasteiger charge is -2.34. The van der Waals surface area contributed by atoms with Gasteiger partial charge in [0.05, 0.1) is 0 Å². The number of thiophene rings is 1. The number of hydrogen-bond donors (Lipinski definition) is 0. The van der Waals surface area contributed by atoms with Crippen LogP contribution in [0.2, 0.25) is 0 Å². The number of rotatable bonds is 5. The Morgan fingerprint density at radius 1 is 0.610 bits per heavy atom. The predicted molar refractivity (Wildman–Crippen MR) is 175 cm³/mol. The Bertz CT molecular complexity index is 1710. The highest BCUT2D eigenvalue weighted by Crippen LogP contribution is 2.66. The van der Waals surface area contributed by atoms with Gasteiger partial charge in [-0.1, -0.05) is 61.7 Å². The number of anilines is 3. The largest absolute Gasteiger partial charge is 0.310 e. The molecule has 0 spiro atoms. The van der Waals surface area contributed by atoms with Gasteiger partial charge in [0, 0.05) is 37.2 Å². The van der Waals surface area contributed by atoms with Crippen molar-refractivity contribution >= 4 is 48.6 Å². The lowest BCUT2D eigenvalue weighted by atomic mass is 9.71. The Morgan fingerprint density at radius 2 is 1.27 bits per heavy atom. The predicted octanol–water partition coefficient (Wildman–Crippen LogP) is 11.6. The molecule has 5 aliphatic carbocycles. The van der Waals surface area contributed by atoms with Crippen LogP contribution in [0.1, 0.15) is 81.3 Å². The van der Waals surface area contributed by atoms with E-state index in [0.29, 0.717) is 5.41 Å². The quantitative estimate of drug-likeness (QED) is 0.209. The highest BCUT2D eigenvalue weighted by molar-refractivity contribution is 7.25. The summed E-state index contributed by atoms with van der Waals surface area (Å²) in [6.07, 6.45) is 14.2. The summed E-state index contributed by atoms with van der Waals surface area (Å²) >= 11 is 1.90. The van der Waals surface area contributed by atoms with Crippen molar-refractivity contribution in [3.05, 3.63) is 102 Å². The van der Waals surface area contributed by atoms with E-state index >= 15 is 0 Å². The Labute approximate surface area is 248 Å². The molecular weight excluding hydrogens is 515 g/mol. The average molecular weight is 554 g/mol. The zero-order valence-corrected chi connectivity index (χ0v) is 24.7. The van der Waals surface area contributed by atoms with Crippen LogP contribution in [0, 0.1) is 17.8 Å². The molecule has 5 aromatic rings. The fourth-order valence-corrected chi connectivity index (χ4v) is 10.9. The third-order valence-electron chi connectivity index (χ3n) is 11.5. The maximum atomic E-state index is 2.50. The van der Waals surface area contributed by atoms with Crippen molar-refractivity contribution in [3.8, 4) is 0 Å². The van der Waals surface area contributed by atoms with Gasteiger partial charge in [-0.25, -0.2) is 0 Å². The van der Waals surface area contributed by atoms with Crippen molar-refractivity contribution in [3.63, 3.8) is 0 Å². The summed E-state index contributed by atoms with van der Waals surface area (Å²) in [5, 5.41) is 2.73. The molecule has 10 rings (SSSR count). The van der Waals surface area contributed by atoms with Crippen LogP contribution in [0.5, 0.6) is 0 Å². The molecule has 1 aromatic heterocycles. The van der Waals surface area contributed by atoms with Gasteiger partial charge in [0.2, 0.25) is 0 Å². The fourth-order valence-electron chi connectivity index (χ4n) is 9.84. The molecule has 2 unspecified atom stereocenters. The van der Waals surface area contributed by atoms with Crippen molar-refractivity contribution in [2.45, 2.75) is 75.5 Å². The van der Waals surface area contributed by atoms with E-state index in [2.05, 4.69) is 95.9 Å². The topological polar surface area (TPSA) is 3.24 Å². The smallest absolute Gasteiger partial charge is 0.0468 e. The minimum absolute atomic E-state index is 0.465. The van der Waals surface area contributed by atoms with Crippen LogP contribution < -0.4 is 4.90 Å². The lowest BCUT2D eigenvalue weighted by molar-refractivity contribution is 0.266. The SMILES string of the molecule is c1ccc2c(c1)sc1ccc(N(c3ccc(C4CCCCC4)cc3)c3ccc(C45CC6CC(CC4C6)C5)cc3)cc12. The molecule has 2 heteroatoms.